The van der Waals surface area contributed by atoms with Crippen LogP contribution in [0.4, 0.5) is 8.78 Å². The molecule has 19 heavy (non-hydrogen) atoms. The number of ether oxygens (including phenoxy) is 1. The standard InChI is InChI=1S/C15H16F2O2/c1-19-11-9-13(16)12(14(17)10-11)5-8-15(18)6-3-2-4-7-15/h9-10,18H,2-4,6-7H2,1H3. The summed E-state index contributed by atoms with van der Waals surface area (Å²) in [6.07, 6.45) is 3.95. The number of aliphatic hydroxyl groups is 1. The van der Waals surface area contributed by atoms with Crippen molar-refractivity contribution in [2.24, 2.45) is 0 Å². The minimum atomic E-state index is -1.11. The molecule has 1 saturated carbocycles. The molecule has 1 aliphatic rings. The van der Waals surface area contributed by atoms with Crippen LogP contribution in [0.15, 0.2) is 12.1 Å². The van der Waals surface area contributed by atoms with Gasteiger partial charge in [0.05, 0.1) is 12.7 Å². The zero-order valence-corrected chi connectivity index (χ0v) is 10.8. The largest absolute Gasteiger partial charge is 0.497 e. The number of rotatable bonds is 1. The van der Waals surface area contributed by atoms with Crippen LogP contribution in [0.25, 0.3) is 0 Å². The molecule has 1 aliphatic carbocycles. The van der Waals surface area contributed by atoms with E-state index in [1.54, 1.807) is 0 Å². The van der Waals surface area contributed by atoms with E-state index in [-0.39, 0.29) is 11.3 Å². The van der Waals surface area contributed by atoms with Crippen LogP contribution in [-0.2, 0) is 0 Å². The van der Waals surface area contributed by atoms with Crippen molar-refractivity contribution < 1.29 is 18.6 Å². The molecule has 1 N–H and O–H groups in total. The molecule has 4 heteroatoms. The number of methoxy groups -OCH3 is 1. The van der Waals surface area contributed by atoms with E-state index in [1.807, 2.05) is 0 Å². The minimum Gasteiger partial charge on any atom is -0.497 e. The minimum absolute atomic E-state index is 0.108. The predicted octanol–water partition coefficient (Wildman–Crippen LogP) is 3.02. The fourth-order valence-corrected chi connectivity index (χ4v) is 2.23. The quantitative estimate of drug-likeness (QED) is 0.792. The molecule has 0 atom stereocenters. The maximum atomic E-state index is 13.7. The lowest BCUT2D eigenvalue weighted by Crippen LogP contribution is -2.29. The van der Waals surface area contributed by atoms with Gasteiger partial charge < -0.3 is 9.84 Å². The Balaban J connectivity index is 2.29. The van der Waals surface area contributed by atoms with Gasteiger partial charge in [-0.1, -0.05) is 18.3 Å². The number of hydrogen-bond acceptors (Lipinski definition) is 2. The first-order valence-electron chi connectivity index (χ1n) is 6.33. The van der Waals surface area contributed by atoms with E-state index < -0.39 is 17.2 Å². The molecular formula is C15H16F2O2. The highest BCUT2D eigenvalue weighted by atomic mass is 19.1. The van der Waals surface area contributed by atoms with Gasteiger partial charge in [0.15, 0.2) is 0 Å². The lowest BCUT2D eigenvalue weighted by Gasteiger charge is -2.26. The summed E-state index contributed by atoms with van der Waals surface area (Å²) in [5.41, 5.74) is -1.43. The van der Waals surface area contributed by atoms with E-state index in [0.717, 1.165) is 31.4 Å². The van der Waals surface area contributed by atoms with Gasteiger partial charge in [-0.2, -0.15) is 0 Å². The lowest BCUT2D eigenvalue weighted by atomic mass is 9.85. The lowest BCUT2D eigenvalue weighted by molar-refractivity contribution is 0.0610. The van der Waals surface area contributed by atoms with E-state index in [0.29, 0.717) is 12.8 Å². The normalized spacial score (nSPS) is 17.5. The predicted molar refractivity (Wildman–Crippen MR) is 67.8 cm³/mol. The molecule has 0 spiro atoms. The van der Waals surface area contributed by atoms with Gasteiger partial charge in [-0.3, -0.25) is 0 Å². The molecule has 0 saturated heterocycles. The summed E-state index contributed by atoms with van der Waals surface area (Å²) in [5, 5.41) is 10.2. The van der Waals surface area contributed by atoms with Crippen molar-refractivity contribution in [3.63, 3.8) is 0 Å². The Labute approximate surface area is 111 Å². The molecule has 0 unspecified atom stereocenters. The van der Waals surface area contributed by atoms with Crippen LogP contribution in [0.3, 0.4) is 0 Å². The van der Waals surface area contributed by atoms with Gasteiger partial charge in [0, 0.05) is 12.1 Å². The Hall–Kier alpha value is -1.60. The van der Waals surface area contributed by atoms with Crippen LogP contribution in [0.1, 0.15) is 37.7 Å². The van der Waals surface area contributed by atoms with E-state index in [1.165, 1.54) is 7.11 Å². The average Bonchev–Trinajstić information content (AvgIpc) is 2.38. The van der Waals surface area contributed by atoms with Crippen LogP contribution in [0.5, 0.6) is 5.75 Å². The topological polar surface area (TPSA) is 29.5 Å². The van der Waals surface area contributed by atoms with Gasteiger partial charge in [-0.15, -0.1) is 0 Å². The van der Waals surface area contributed by atoms with Gasteiger partial charge in [0.2, 0.25) is 0 Å². The van der Waals surface area contributed by atoms with Crippen molar-refractivity contribution in [2.45, 2.75) is 37.7 Å². The van der Waals surface area contributed by atoms with Crippen LogP contribution in [0.2, 0.25) is 0 Å². The number of halogens is 2. The number of benzene rings is 1. The maximum absolute atomic E-state index is 13.7. The maximum Gasteiger partial charge on any atom is 0.145 e. The molecular weight excluding hydrogens is 250 g/mol. The van der Waals surface area contributed by atoms with Crippen LogP contribution >= 0.6 is 0 Å². The molecule has 1 aromatic rings. The van der Waals surface area contributed by atoms with Gasteiger partial charge in [0.25, 0.3) is 0 Å². The van der Waals surface area contributed by atoms with Gasteiger partial charge >= 0.3 is 0 Å². The first kappa shape index (κ1) is 13.8. The summed E-state index contributed by atoms with van der Waals surface area (Å²) in [6.45, 7) is 0. The van der Waals surface area contributed by atoms with Crippen LogP contribution in [-0.4, -0.2) is 17.8 Å². The molecule has 0 amide bonds. The highest BCUT2D eigenvalue weighted by Crippen LogP contribution is 2.27. The van der Waals surface area contributed by atoms with Crippen molar-refractivity contribution in [2.75, 3.05) is 7.11 Å². The summed E-state index contributed by atoms with van der Waals surface area (Å²) in [7, 11) is 1.34. The fourth-order valence-electron chi connectivity index (χ4n) is 2.23. The smallest absolute Gasteiger partial charge is 0.145 e. The molecule has 0 aliphatic heterocycles. The summed E-state index contributed by atoms with van der Waals surface area (Å²) in [4.78, 5) is 0. The van der Waals surface area contributed by atoms with Crippen molar-refractivity contribution >= 4 is 0 Å². The van der Waals surface area contributed by atoms with Crippen molar-refractivity contribution in [3.8, 4) is 17.6 Å². The van der Waals surface area contributed by atoms with Crippen LogP contribution in [0, 0.1) is 23.5 Å². The first-order valence-corrected chi connectivity index (χ1v) is 6.33. The van der Waals surface area contributed by atoms with E-state index in [4.69, 9.17) is 4.74 Å². The molecule has 1 aromatic carbocycles. The Bertz CT molecular complexity index is 500. The second-order valence-corrected chi connectivity index (χ2v) is 4.81. The Morgan fingerprint density at radius 3 is 2.26 bits per heavy atom. The summed E-state index contributed by atoms with van der Waals surface area (Å²) in [6, 6.07) is 2.16. The summed E-state index contributed by atoms with van der Waals surface area (Å²) < 4.78 is 32.1. The van der Waals surface area contributed by atoms with Crippen molar-refractivity contribution in [1.29, 1.82) is 0 Å². The monoisotopic (exact) mass is 266 g/mol. The molecule has 0 bridgehead atoms. The summed E-state index contributed by atoms with van der Waals surface area (Å²) in [5.74, 6) is 3.62. The Kier molecular flexibility index (Phi) is 4.06. The molecule has 0 heterocycles. The van der Waals surface area contributed by atoms with Gasteiger partial charge in [-0.05, 0) is 25.7 Å². The summed E-state index contributed by atoms with van der Waals surface area (Å²) >= 11 is 0. The van der Waals surface area contributed by atoms with E-state index >= 15 is 0 Å². The highest BCUT2D eigenvalue weighted by molar-refractivity contribution is 5.42. The zero-order valence-electron chi connectivity index (χ0n) is 10.8. The molecule has 0 radical (unpaired) electrons. The SMILES string of the molecule is COc1cc(F)c(C#CC2(O)CCCCC2)c(F)c1. The van der Waals surface area contributed by atoms with Crippen molar-refractivity contribution in [3.05, 3.63) is 29.3 Å². The third kappa shape index (κ3) is 3.24. The second-order valence-electron chi connectivity index (χ2n) is 4.81. The molecule has 2 nitrogen and oxygen atoms in total. The number of hydrogen-bond donors (Lipinski definition) is 1. The Morgan fingerprint density at radius 1 is 1.16 bits per heavy atom. The molecule has 1 fully saturated rings. The fraction of sp³-hybridized carbons (Fsp3) is 0.467. The first-order chi connectivity index (χ1) is 9.04. The Morgan fingerprint density at radius 2 is 1.74 bits per heavy atom. The molecule has 0 aromatic heterocycles. The van der Waals surface area contributed by atoms with Gasteiger partial charge in [0.1, 0.15) is 23.0 Å². The average molecular weight is 266 g/mol. The second kappa shape index (κ2) is 5.58. The third-order valence-corrected chi connectivity index (χ3v) is 3.35. The van der Waals surface area contributed by atoms with Crippen molar-refractivity contribution in [1.82, 2.24) is 0 Å². The molecule has 2 rings (SSSR count). The highest BCUT2D eigenvalue weighted by Gasteiger charge is 2.26. The zero-order chi connectivity index (χ0) is 13.9. The third-order valence-electron chi connectivity index (χ3n) is 3.35. The van der Waals surface area contributed by atoms with E-state index in [9.17, 15) is 13.9 Å². The molecule has 102 valence electrons. The van der Waals surface area contributed by atoms with Gasteiger partial charge in [-0.25, -0.2) is 8.78 Å². The van der Waals surface area contributed by atoms with E-state index in [2.05, 4.69) is 11.8 Å². The van der Waals surface area contributed by atoms with Crippen LogP contribution < -0.4 is 4.74 Å².